The number of hydrogen-bond acceptors (Lipinski definition) is 6. The largest absolute Gasteiger partial charge is 0.375 e. The molecule has 0 aliphatic carbocycles. The molecule has 2 rings (SSSR count). The van der Waals surface area contributed by atoms with Crippen LogP contribution in [-0.2, 0) is 21.2 Å². The Labute approximate surface area is 119 Å². The predicted octanol–water partition coefficient (Wildman–Crippen LogP) is 0.554. The molecule has 106 valence electrons. The minimum atomic E-state index is -3.80. The Morgan fingerprint density at radius 3 is 2.75 bits per heavy atom. The monoisotopic (exact) mass is 312 g/mol. The molecule has 0 aliphatic heterocycles. The highest BCUT2D eigenvalue weighted by atomic mass is 32.2. The van der Waals surface area contributed by atoms with Crippen molar-refractivity contribution < 1.29 is 13.2 Å². The Bertz CT molecular complexity index is 740. The summed E-state index contributed by atoms with van der Waals surface area (Å²) in [4.78, 5) is 15.7. The number of nitrogen functional groups attached to an aromatic ring is 1. The van der Waals surface area contributed by atoms with E-state index in [0.717, 1.165) is 0 Å². The van der Waals surface area contributed by atoms with Gasteiger partial charge in [0.05, 0.1) is 17.0 Å². The topological polar surface area (TPSA) is 128 Å². The van der Waals surface area contributed by atoms with Crippen molar-refractivity contribution in [2.24, 2.45) is 5.14 Å². The molecule has 0 aliphatic rings. The average Bonchev–Trinajstić information content (AvgIpc) is 2.73. The maximum Gasteiger partial charge on any atom is 0.238 e. The molecule has 0 saturated carbocycles. The first-order valence-electron chi connectivity index (χ1n) is 5.47. The van der Waals surface area contributed by atoms with Crippen LogP contribution in [0.25, 0.3) is 0 Å². The maximum atomic E-state index is 11.8. The number of sulfonamides is 1. The second-order valence-corrected chi connectivity index (χ2v) is 6.43. The number of carbonyl (C=O) groups excluding carboxylic acids is 1. The third-order valence-electron chi connectivity index (χ3n) is 2.36. The number of thiazole rings is 1. The number of nitrogens with zero attached hydrogens (tertiary/aromatic N) is 1. The van der Waals surface area contributed by atoms with E-state index in [1.54, 1.807) is 11.4 Å². The number of carbonyl (C=O) groups is 1. The molecule has 9 heteroatoms. The van der Waals surface area contributed by atoms with Crippen molar-refractivity contribution in [3.05, 3.63) is 35.3 Å². The second-order valence-electron chi connectivity index (χ2n) is 3.97. The zero-order valence-corrected chi connectivity index (χ0v) is 11.9. The van der Waals surface area contributed by atoms with Crippen molar-refractivity contribution in [1.29, 1.82) is 0 Å². The third kappa shape index (κ3) is 3.76. The fraction of sp³-hybridized carbons (Fsp3) is 0.0909. The first-order valence-corrected chi connectivity index (χ1v) is 7.90. The zero-order chi connectivity index (χ0) is 14.8. The molecule has 2 aromatic rings. The quantitative estimate of drug-likeness (QED) is 0.759. The number of aromatic nitrogens is 1. The first kappa shape index (κ1) is 14.4. The lowest BCUT2D eigenvalue weighted by molar-refractivity contribution is -0.115. The van der Waals surface area contributed by atoms with Gasteiger partial charge in [0.25, 0.3) is 0 Å². The SMILES string of the molecule is Nc1nc(CC(=O)Nc2cccc(S(N)(=O)=O)c2)cs1. The van der Waals surface area contributed by atoms with Gasteiger partial charge in [0.15, 0.2) is 5.13 Å². The lowest BCUT2D eigenvalue weighted by Crippen LogP contribution is -2.16. The van der Waals surface area contributed by atoms with Gasteiger partial charge in [-0.25, -0.2) is 18.5 Å². The number of hydrogen-bond donors (Lipinski definition) is 3. The minimum absolute atomic E-state index is 0.0618. The molecule has 7 nitrogen and oxygen atoms in total. The molecule has 0 fully saturated rings. The molecule has 1 amide bonds. The number of nitrogens with two attached hydrogens (primary N) is 2. The molecule has 20 heavy (non-hydrogen) atoms. The van der Waals surface area contributed by atoms with Gasteiger partial charge in [0.2, 0.25) is 15.9 Å². The molecule has 0 saturated heterocycles. The van der Waals surface area contributed by atoms with E-state index in [4.69, 9.17) is 10.9 Å². The van der Waals surface area contributed by atoms with Gasteiger partial charge < -0.3 is 11.1 Å². The predicted molar refractivity (Wildman–Crippen MR) is 76.7 cm³/mol. The highest BCUT2D eigenvalue weighted by molar-refractivity contribution is 7.89. The summed E-state index contributed by atoms with van der Waals surface area (Å²) in [5.74, 6) is -0.318. The van der Waals surface area contributed by atoms with Crippen LogP contribution < -0.4 is 16.2 Å². The lowest BCUT2D eigenvalue weighted by atomic mass is 10.3. The number of nitrogens with one attached hydrogen (secondary N) is 1. The Kier molecular flexibility index (Phi) is 4.02. The Hall–Kier alpha value is -1.97. The highest BCUT2D eigenvalue weighted by Gasteiger charge is 2.10. The Balaban J connectivity index is 2.08. The third-order valence-corrected chi connectivity index (χ3v) is 3.99. The van der Waals surface area contributed by atoms with Crippen LogP contribution in [0.4, 0.5) is 10.8 Å². The number of amides is 1. The van der Waals surface area contributed by atoms with Gasteiger partial charge in [-0.2, -0.15) is 0 Å². The zero-order valence-electron chi connectivity index (χ0n) is 10.2. The van der Waals surface area contributed by atoms with E-state index in [0.29, 0.717) is 16.5 Å². The molecule has 0 atom stereocenters. The summed E-state index contributed by atoms with van der Waals surface area (Å²) in [6.45, 7) is 0. The molecule has 0 unspecified atom stereocenters. The standard InChI is InChI=1S/C11H12N4O3S2/c12-11-15-8(6-19-11)5-10(16)14-7-2-1-3-9(4-7)20(13,17)18/h1-4,6H,5H2,(H2,12,15)(H,14,16)(H2,13,17,18). The summed E-state index contributed by atoms with van der Waals surface area (Å²) in [5, 5.41) is 9.68. The van der Waals surface area contributed by atoms with Crippen LogP contribution in [0.15, 0.2) is 34.5 Å². The van der Waals surface area contributed by atoms with Crippen molar-refractivity contribution in [1.82, 2.24) is 4.98 Å². The van der Waals surface area contributed by atoms with Gasteiger partial charge in [0, 0.05) is 11.1 Å². The van der Waals surface area contributed by atoms with Gasteiger partial charge in [-0.1, -0.05) is 6.07 Å². The molecular formula is C11H12N4O3S2. The summed E-state index contributed by atoms with van der Waals surface area (Å²) in [6, 6.07) is 5.72. The van der Waals surface area contributed by atoms with Crippen LogP contribution in [0.1, 0.15) is 5.69 Å². The summed E-state index contributed by atoms with van der Waals surface area (Å²) < 4.78 is 22.4. The van der Waals surface area contributed by atoms with E-state index in [2.05, 4.69) is 10.3 Å². The van der Waals surface area contributed by atoms with E-state index in [1.165, 1.54) is 29.5 Å². The highest BCUT2D eigenvalue weighted by Crippen LogP contribution is 2.15. The Morgan fingerprint density at radius 1 is 1.40 bits per heavy atom. The van der Waals surface area contributed by atoms with Crippen LogP contribution >= 0.6 is 11.3 Å². The van der Waals surface area contributed by atoms with Gasteiger partial charge >= 0.3 is 0 Å². The average molecular weight is 312 g/mol. The molecular weight excluding hydrogens is 300 g/mol. The van der Waals surface area contributed by atoms with Gasteiger partial charge in [0.1, 0.15) is 0 Å². The molecule has 0 bridgehead atoms. The number of benzene rings is 1. The van der Waals surface area contributed by atoms with Crippen molar-refractivity contribution in [2.75, 3.05) is 11.1 Å². The summed E-state index contributed by atoms with van der Waals surface area (Å²) in [6.07, 6.45) is 0.0628. The fourth-order valence-electron chi connectivity index (χ4n) is 1.52. The van der Waals surface area contributed by atoms with E-state index in [1.807, 2.05) is 0 Å². The van der Waals surface area contributed by atoms with Crippen LogP contribution in [0.3, 0.4) is 0 Å². The molecule has 1 aromatic heterocycles. The van der Waals surface area contributed by atoms with Crippen LogP contribution in [0.2, 0.25) is 0 Å². The van der Waals surface area contributed by atoms with Gasteiger partial charge in [-0.15, -0.1) is 11.3 Å². The summed E-state index contributed by atoms with van der Waals surface area (Å²) in [7, 11) is -3.80. The number of primary sulfonamides is 1. The van der Waals surface area contributed by atoms with Crippen LogP contribution in [0, 0.1) is 0 Å². The van der Waals surface area contributed by atoms with Gasteiger partial charge in [-0.05, 0) is 18.2 Å². The van der Waals surface area contributed by atoms with Crippen molar-refractivity contribution in [3.63, 3.8) is 0 Å². The smallest absolute Gasteiger partial charge is 0.238 e. The molecule has 0 radical (unpaired) electrons. The first-order chi connectivity index (χ1) is 9.34. The Morgan fingerprint density at radius 2 is 2.15 bits per heavy atom. The van der Waals surface area contributed by atoms with Crippen LogP contribution in [0.5, 0.6) is 0 Å². The molecule has 1 aromatic carbocycles. The van der Waals surface area contributed by atoms with Crippen LogP contribution in [-0.4, -0.2) is 19.3 Å². The van der Waals surface area contributed by atoms with E-state index >= 15 is 0 Å². The normalized spacial score (nSPS) is 11.2. The van der Waals surface area contributed by atoms with Crippen molar-refractivity contribution >= 4 is 38.1 Å². The van der Waals surface area contributed by atoms with Gasteiger partial charge in [-0.3, -0.25) is 4.79 Å². The molecule has 5 N–H and O–H groups in total. The summed E-state index contributed by atoms with van der Waals surface area (Å²) >= 11 is 1.25. The molecule has 1 heterocycles. The number of anilines is 2. The summed E-state index contributed by atoms with van der Waals surface area (Å²) in [5.41, 5.74) is 6.38. The minimum Gasteiger partial charge on any atom is -0.375 e. The van der Waals surface area contributed by atoms with Crippen molar-refractivity contribution in [2.45, 2.75) is 11.3 Å². The molecule has 0 spiro atoms. The van der Waals surface area contributed by atoms with E-state index in [9.17, 15) is 13.2 Å². The van der Waals surface area contributed by atoms with E-state index < -0.39 is 10.0 Å². The number of rotatable bonds is 4. The maximum absolute atomic E-state index is 11.8. The van der Waals surface area contributed by atoms with E-state index in [-0.39, 0.29) is 17.2 Å². The second kappa shape index (κ2) is 5.57. The fourth-order valence-corrected chi connectivity index (χ4v) is 2.65. The lowest BCUT2D eigenvalue weighted by Gasteiger charge is -2.05. The van der Waals surface area contributed by atoms with Crippen molar-refractivity contribution in [3.8, 4) is 0 Å².